The molecule has 17 heavy (non-hydrogen) atoms. The Kier molecular flexibility index (Phi) is 4.34. The van der Waals surface area contributed by atoms with Gasteiger partial charge in [0.05, 0.1) is 6.10 Å². The maximum absolute atomic E-state index is 11.6. The van der Waals surface area contributed by atoms with Gasteiger partial charge in [0.25, 0.3) is 0 Å². The Balaban J connectivity index is 2.26. The van der Waals surface area contributed by atoms with Crippen LogP contribution in [0.5, 0.6) is 0 Å². The minimum atomic E-state index is -0.606. The number of ether oxygens (including phenoxy) is 1. The summed E-state index contributed by atoms with van der Waals surface area (Å²) in [6, 6.07) is 0. The third-order valence-corrected chi connectivity index (χ3v) is 2.30. The topological polar surface area (TPSA) is 78.9 Å². The quantitative estimate of drug-likeness (QED) is 0.722. The van der Waals surface area contributed by atoms with E-state index in [0.717, 1.165) is 0 Å². The lowest BCUT2D eigenvalue weighted by molar-refractivity contribution is -0.129. The number of aliphatic hydroxyl groups is 1. The van der Waals surface area contributed by atoms with Gasteiger partial charge in [-0.25, -0.2) is 4.79 Å². The zero-order valence-corrected chi connectivity index (χ0v) is 10.5. The van der Waals surface area contributed by atoms with E-state index in [1.807, 2.05) is 0 Å². The molecule has 2 amide bonds. The molecule has 0 bridgehead atoms. The number of carbonyl (C=O) groups excluding carboxylic acids is 2. The van der Waals surface area contributed by atoms with Gasteiger partial charge in [0.1, 0.15) is 12.1 Å². The SMILES string of the molecule is CC(C)(C)OC(=O)NCC(=O)N1CC[C@@H](O)C1. The first-order valence-corrected chi connectivity index (χ1v) is 5.70. The number of rotatable bonds is 2. The van der Waals surface area contributed by atoms with E-state index in [2.05, 4.69) is 5.32 Å². The molecule has 1 heterocycles. The molecular weight excluding hydrogens is 224 g/mol. The fraction of sp³-hybridized carbons (Fsp3) is 0.818. The summed E-state index contributed by atoms with van der Waals surface area (Å²) >= 11 is 0. The highest BCUT2D eigenvalue weighted by atomic mass is 16.6. The van der Waals surface area contributed by atoms with Gasteiger partial charge < -0.3 is 20.1 Å². The molecule has 1 atom stereocenters. The molecule has 0 aromatic heterocycles. The molecule has 1 saturated heterocycles. The standard InChI is InChI=1S/C11H20N2O4/c1-11(2,3)17-10(16)12-6-9(15)13-5-4-8(14)7-13/h8,14H,4-7H2,1-3H3,(H,12,16)/t8-/m1/s1. The van der Waals surface area contributed by atoms with E-state index in [9.17, 15) is 14.7 Å². The van der Waals surface area contributed by atoms with Crippen molar-refractivity contribution in [3.63, 3.8) is 0 Å². The summed E-state index contributed by atoms with van der Waals surface area (Å²) in [5, 5.41) is 11.7. The van der Waals surface area contributed by atoms with Crippen molar-refractivity contribution in [1.82, 2.24) is 10.2 Å². The number of β-amino-alcohol motifs (C(OH)–C–C–N with tert-alkyl or cyclic N) is 1. The zero-order valence-electron chi connectivity index (χ0n) is 10.5. The fourth-order valence-corrected chi connectivity index (χ4v) is 1.54. The number of nitrogens with one attached hydrogen (secondary N) is 1. The lowest BCUT2D eigenvalue weighted by Crippen LogP contribution is -2.41. The highest BCUT2D eigenvalue weighted by Gasteiger charge is 2.25. The molecule has 0 aliphatic carbocycles. The molecule has 98 valence electrons. The highest BCUT2D eigenvalue weighted by molar-refractivity contribution is 5.82. The molecule has 0 aromatic rings. The third kappa shape index (κ3) is 5.04. The Morgan fingerprint density at radius 2 is 2.12 bits per heavy atom. The van der Waals surface area contributed by atoms with E-state index in [1.54, 1.807) is 20.8 Å². The maximum atomic E-state index is 11.6. The first kappa shape index (κ1) is 13.8. The Hall–Kier alpha value is -1.30. The molecule has 0 unspecified atom stereocenters. The summed E-state index contributed by atoms with van der Waals surface area (Å²) in [6.07, 6.45) is -0.455. The minimum Gasteiger partial charge on any atom is -0.444 e. The number of hydrogen-bond donors (Lipinski definition) is 2. The van der Waals surface area contributed by atoms with E-state index in [4.69, 9.17) is 4.74 Å². The van der Waals surface area contributed by atoms with Gasteiger partial charge in [-0.05, 0) is 27.2 Å². The summed E-state index contributed by atoms with van der Waals surface area (Å²) in [6.45, 7) is 6.05. The molecule has 6 heteroatoms. The van der Waals surface area contributed by atoms with E-state index in [0.29, 0.717) is 19.5 Å². The number of nitrogens with zero attached hydrogens (tertiary/aromatic N) is 1. The van der Waals surface area contributed by atoms with Crippen LogP contribution in [0.15, 0.2) is 0 Å². The largest absolute Gasteiger partial charge is 0.444 e. The molecule has 0 spiro atoms. The number of alkyl carbamates (subject to hydrolysis) is 1. The second-order valence-corrected chi connectivity index (χ2v) is 5.14. The highest BCUT2D eigenvalue weighted by Crippen LogP contribution is 2.09. The van der Waals surface area contributed by atoms with Crippen LogP contribution in [0.4, 0.5) is 4.79 Å². The summed E-state index contributed by atoms with van der Waals surface area (Å²) in [5.41, 5.74) is -0.572. The van der Waals surface area contributed by atoms with Gasteiger partial charge in [-0.3, -0.25) is 4.79 Å². The van der Waals surface area contributed by atoms with Crippen LogP contribution in [0.25, 0.3) is 0 Å². The van der Waals surface area contributed by atoms with Gasteiger partial charge in [0, 0.05) is 13.1 Å². The van der Waals surface area contributed by atoms with Gasteiger partial charge in [-0.1, -0.05) is 0 Å². The van der Waals surface area contributed by atoms with Crippen molar-refractivity contribution in [3.8, 4) is 0 Å². The molecule has 0 radical (unpaired) electrons. The van der Waals surface area contributed by atoms with Crippen LogP contribution in [-0.4, -0.2) is 53.3 Å². The molecule has 1 fully saturated rings. The van der Waals surface area contributed by atoms with Crippen molar-refractivity contribution >= 4 is 12.0 Å². The van der Waals surface area contributed by atoms with Gasteiger partial charge in [-0.2, -0.15) is 0 Å². The van der Waals surface area contributed by atoms with Gasteiger partial charge in [0.15, 0.2) is 0 Å². The van der Waals surface area contributed by atoms with Crippen LogP contribution in [-0.2, 0) is 9.53 Å². The molecular formula is C11H20N2O4. The molecule has 1 aliphatic heterocycles. The predicted octanol–water partition coefficient (Wildman–Crippen LogP) is 0.104. The van der Waals surface area contributed by atoms with Crippen LogP contribution in [0.1, 0.15) is 27.2 Å². The second kappa shape index (κ2) is 5.35. The van der Waals surface area contributed by atoms with Gasteiger partial charge >= 0.3 is 6.09 Å². The lowest BCUT2D eigenvalue weighted by atomic mass is 10.2. The van der Waals surface area contributed by atoms with Crippen molar-refractivity contribution < 1.29 is 19.4 Å². The van der Waals surface area contributed by atoms with E-state index in [-0.39, 0.29) is 12.5 Å². The molecule has 6 nitrogen and oxygen atoms in total. The summed E-state index contributed by atoms with van der Waals surface area (Å²) < 4.78 is 5.00. The Bertz CT molecular complexity index is 298. The van der Waals surface area contributed by atoms with Crippen LogP contribution >= 0.6 is 0 Å². The molecule has 0 saturated carbocycles. The lowest BCUT2D eigenvalue weighted by Gasteiger charge is -2.20. The van der Waals surface area contributed by atoms with Crippen molar-refractivity contribution in [2.24, 2.45) is 0 Å². The average Bonchev–Trinajstić information content (AvgIpc) is 2.58. The van der Waals surface area contributed by atoms with Crippen LogP contribution < -0.4 is 5.32 Å². The van der Waals surface area contributed by atoms with Crippen molar-refractivity contribution in [2.75, 3.05) is 19.6 Å². The Labute approximate surface area is 101 Å². The van der Waals surface area contributed by atoms with Crippen LogP contribution in [0.3, 0.4) is 0 Å². The molecule has 1 aliphatic rings. The predicted molar refractivity (Wildman–Crippen MR) is 61.4 cm³/mol. The van der Waals surface area contributed by atoms with Crippen molar-refractivity contribution in [2.45, 2.75) is 38.9 Å². The number of aliphatic hydroxyl groups excluding tert-OH is 1. The fourth-order valence-electron chi connectivity index (χ4n) is 1.54. The second-order valence-electron chi connectivity index (χ2n) is 5.14. The van der Waals surface area contributed by atoms with Crippen molar-refractivity contribution in [1.29, 1.82) is 0 Å². The number of hydrogen-bond acceptors (Lipinski definition) is 4. The minimum absolute atomic E-state index is 0.0956. The number of amides is 2. The van der Waals surface area contributed by atoms with Crippen molar-refractivity contribution in [3.05, 3.63) is 0 Å². The molecule has 1 rings (SSSR count). The monoisotopic (exact) mass is 244 g/mol. The normalized spacial score (nSPS) is 20.2. The first-order valence-electron chi connectivity index (χ1n) is 5.70. The van der Waals surface area contributed by atoms with Crippen LogP contribution in [0.2, 0.25) is 0 Å². The van der Waals surface area contributed by atoms with Crippen LogP contribution in [0, 0.1) is 0 Å². The van der Waals surface area contributed by atoms with Gasteiger partial charge in [-0.15, -0.1) is 0 Å². The third-order valence-electron chi connectivity index (χ3n) is 2.30. The van der Waals surface area contributed by atoms with Gasteiger partial charge in [0.2, 0.25) is 5.91 Å². The van der Waals surface area contributed by atoms with E-state index in [1.165, 1.54) is 4.90 Å². The number of likely N-dealkylation sites (tertiary alicyclic amines) is 1. The maximum Gasteiger partial charge on any atom is 0.408 e. The molecule has 0 aromatic carbocycles. The average molecular weight is 244 g/mol. The van der Waals surface area contributed by atoms with E-state index < -0.39 is 17.8 Å². The number of carbonyl (C=O) groups is 2. The zero-order chi connectivity index (χ0) is 13.1. The summed E-state index contributed by atoms with van der Waals surface area (Å²) in [7, 11) is 0. The summed E-state index contributed by atoms with van der Waals surface area (Å²) in [4.78, 5) is 24.4. The van der Waals surface area contributed by atoms with E-state index >= 15 is 0 Å². The smallest absolute Gasteiger partial charge is 0.408 e. The Morgan fingerprint density at radius 3 is 2.59 bits per heavy atom. The molecule has 2 N–H and O–H groups in total. The Morgan fingerprint density at radius 1 is 1.47 bits per heavy atom. The first-order chi connectivity index (χ1) is 7.78. The summed E-state index contributed by atoms with van der Waals surface area (Å²) in [5.74, 6) is -0.201.